The van der Waals surface area contributed by atoms with Crippen LogP contribution in [0.25, 0.3) is 0 Å². The van der Waals surface area contributed by atoms with Gasteiger partial charge in [-0.2, -0.15) is 5.26 Å². The van der Waals surface area contributed by atoms with E-state index in [9.17, 15) is 10.4 Å². The molecular formula is C14H24N2O. The smallest absolute Gasteiger partial charge is 0.0860 e. The fourth-order valence-electron chi connectivity index (χ4n) is 3.63. The number of likely N-dealkylation sites (tertiary alicyclic amines) is 1. The monoisotopic (exact) mass is 236 g/mol. The fraction of sp³-hybridized carbons (Fsp3) is 0.929. The van der Waals surface area contributed by atoms with E-state index in [1.807, 2.05) is 0 Å². The van der Waals surface area contributed by atoms with Crippen LogP contribution < -0.4 is 0 Å². The lowest BCUT2D eigenvalue weighted by Gasteiger charge is -2.40. The van der Waals surface area contributed by atoms with Gasteiger partial charge in [-0.15, -0.1) is 0 Å². The summed E-state index contributed by atoms with van der Waals surface area (Å²) < 4.78 is 0. The highest BCUT2D eigenvalue weighted by atomic mass is 16.3. The van der Waals surface area contributed by atoms with Gasteiger partial charge in [0, 0.05) is 6.54 Å². The van der Waals surface area contributed by atoms with Gasteiger partial charge in [0.25, 0.3) is 0 Å². The molecule has 0 bridgehead atoms. The predicted molar refractivity (Wildman–Crippen MR) is 67.4 cm³/mol. The third-order valence-electron chi connectivity index (χ3n) is 4.92. The van der Waals surface area contributed by atoms with Crippen LogP contribution >= 0.6 is 0 Å². The van der Waals surface area contributed by atoms with E-state index in [1.54, 1.807) is 0 Å². The molecular weight excluding hydrogens is 212 g/mol. The standard InChI is InChI=1S/C14H24N2O/c1-2-16-10-5-8-14(17,9-11-16)13(12-15)6-3-4-7-13/h17H,2-11H2,1H3. The van der Waals surface area contributed by atoms with E-state index in [2.05, 4.69) is 17.9 Å². The first kappa shape index (κ1) is 12.9. The molecule has 1 aliphatic heterocycles. The van der Waals surface area contributed by atoms with Crippen molar-refractivity contribution < 1.29 is 5.11 Å². The second-order valence-corrected chi connectivity index (χ2v) is 5.72. The summed E-state index contributed by atoms with van der Waals surface area (Å²) in [6.45, 7) is 5.23. The van der Waals surface area contributed by atoms with Crippen LogP contribution in [0.5, 0.6) is 0 Å². The van der Waals surface area contributed by atoms with Crippen molar-refractivity contribution in [3.8, 4) is 6.07 Å². The quantitative estimate of drug-likeness (QED) is 0.800. The van der Waals surface area contributed by atoms with Crippen LogP contribution in [0.4, 0.5) is 0 Å². The molecule has 1 saturated carbocycles. The van der Waals surface area contributed by atoms with E-state index in [-0.39, 0.29) is 0 Å². The van der Waals surface area contributed by atoms with Gasteiger partial charge in [-0.05, 0) is 45.2 Å². The van der Waals surface area contributed by atoms with Crippen molar-refractivity contribution in [3.05, 3.63) is 0 Å². The van der Waals surface area contributed by atoms with Crippen LogP contribution in [0.2, 0.25) is 0 Å². The number of nitrogens with zero attached hydrogens (tertiary/aromatic N) is 2. The van der Waals surface area contributed by atoms with Crippen molar-refractivity contribution in [3.63, 3.8) is 0 Å². The predicted octanol–water partition coefficient (Wildman–Crippen LogP) is 2.31. The van der Waals surface area contributed by atoms with Crippen LogP contribution in [0.1, 0.15) is 51.9 Å². The van der Waals surface area contributed by atoms with Crippen LogP contribution in [0, 0.1) is 16.7 Å². The zero-order valence-corrected chi connectivity index (χ0v) is 10.9. The zero-order valence-electron chi connectivity index (χ0n) is 10.9. The summed E-state index contributed by atoms with van der Waals surface area (Å²) in [6, 6.07) is 2.48. The third kappa shape index (κ3) is 2.21. The Morgan fingerprint density at radius 2 is 1.82 bits per heavy atom. The van der Waals surface area contributed by atoms with Crippen molar-refractivity contribution in [1.82, 2.24) is 4.90 Å². The minimum atomic E-state index is -0.734. The highest BCUT2D eigenvalue weighted by Gasteiger charge is 2.52. The van der Waals surface area contributed by atoms with E-state index >= 15 is 0 Å². The van der Waals surface area contributed by atoms with Gasteiger partial charge >= 0.3 is 0 Å². The molecule has 3 nitrogen and oxygen atoms in total. The molecule has 2 fully saturated rings. The Kier molecular flexibility index (Phi) is 3.75. The maximum absolute atomic E-state index is 11.0. The van der Waals surface area contributed by atoms with E-state index in [4.69, 9.17) is 0 Å². The van der Waals surface area contributed by atoms with E-state index in [0.717, 1.165) is 64.6 Å². The van der Waals surface area contributed by atoms with E-state index in [1.165, 1.54) is 0 Å². The minimum Gasteiger partial charge on any atom is -0.388 e. The van der Waals surface area contributed by atoms with E-state index < -0.39 is 11.0 Å². The molecule has 1 saturated heterocycles. The van der Waals surface area contributed by atoms with Crippen LogP contribution in [-0.4, -0.2) is 35.2 Å². The van der Waals surface area contributed by atoms with Crippen molar-refractivity contribution in [2.45, 2.75) is 57.5 Å². The molecule has 0 aromatic rings. The highest BCUT2D eigenvalue weighted by Crippen LogP contribution is 2.50. The van der Waals surface area contributed by atoms with Gasteiger partial charge in [0.1, 0.15) is 0 Å². The molecule has 1 unspecified atom stereocenters. The van der Waals surface area contributed by atoms with Crippen molar-refractivity contribution in [2.75, 3.05) is 19.6 Å². The average molecular weight is 236 g/mol. The Labute approximate surface area is 104 Å². The van der Waals surface area contributed by atoms with Crippen LogP contribution in [-0.2, 0) is 0 Å². The Hall–Kier alpha value is -0.590. The number of hydrogen-bond donors (Lipinski definition) is 1. The molecule has 1 N–H and O–H groups in total. The SMILES string of the molecule is CCN1CCCC(O)(C2(C#N)CCCC2)CC1. The van der Waals surface area contributed by atoms with Crippen LogP contribution in [0.3, 0.4) is 0 Å². The molecule has 3 heteroatoms. The first-order valence-corrected chi connectivity index (χ1v) is 7.02. The van der Waals surface area contributed by atoms with Gasteiger partial charge < -0.3 is 10.0 Å². The van der Waals surface area contributed by atoms with Gasteiger partial charge in [0.2, 0.25) is 0 Å². The summed E-state index contributed by atoms with van der Waals surface area (Å²) in [6.07, 6.45) is 6.60. The minimum absolute atomic E-state index is 0.448. The fourth-order valence-corrected chi connectivity index (χ4v) is 3.63. The molecule has 1 atom stereocenters. The van der Waals surface area contributed by atoms with Crippen molar-refractivity contribution in [1.29, 1.82) is 5.26 Å². The van der Waals surface area contributed by atoms with Gasteiger partial charge in [-0.25, -0.2) is 0 Å². The summed E-state index contributed by atoms with van der Waals surface area (Å²) in [5, 5.41) is 20.5. The van der Waals surface area contributed by atoms with Gasteiger partial charge in [0.05, 0.1) is 17.1 Å². The zero-order chi connectivity index (χ0) is 12.4. The van der Waals surface area contributed by atoms with Gasteiger partial charge in [0.15, 0.2) is 0 Å². The van der Waals surface area contributed by atoms with Crippen molar-refractivity contribution in [2.24, 2.45) is 5.41 Å². The molecule has 0 aromatic heterocycles. The maximum atomic E-state index is 11.0. The molecule has 1 heterocycles. The maximum Gasteiger partial charge on any atom is 0.0860 e. The highest BCUT2D eigenvalue weighted by molar-refractivity contribution is 5.14. The topological polar surface area (TPSA) is 47.3 Å². The third-order valence-corrected chi connectivity index (χ3v) is 4.92. The Balaban J connectivity index is 2.15. The number of rotatable bonds is 2. The largest absolute Gasteiger partial charge is 0.388 e. The lowest BCUT2D eigenvalue weighted by Crippen LogP contribution is -2.46. The lowest BCUT2D eigenvalue weighted by molar-refractivity contribution is -0.0639. The average Bonchev–Trinajstić information content (AvgIpc) is 2.76. The molecule has 0 aromatic carbocycles. The normalized spacial score (nSPS) is 34.2. The first-order chi connectivity index (χ1) is 8.16. The summed E-state index contributed by atoms with van der Waals surface area (Å²) >= 11 is 0. The molecule has 2 aliphatic rings. The Bertz CT molecular complexity index is 304. The Morgan fingerprint density at radius 1 is 1.12 bits per heavy atom. The summed E-state index contributed by atoms with van der Waals surface area (Å²) in [4.78, 5) is 2.39. The Morgan fingerprint density at radius 3 is 2.41 bits per heavy atom. The second kappa shape index (κ2) is 4.96. The molecule has 0 amide bonds. The van der Waals surface area contributed by atoms with Gasteiger partial charge in [-0.1, -0.05) is 19.8 Å². The molecule has 96 valence electrons. The summed E-state index contributed by atoms with van der Waals surface area (Å²) in [5.74, 6) is 0. The molecule has 17 heavy (non-hydrogen) atoms. The lowest BCUT2D eigenvalue weighted by atomic mass is 9.68. The van der Waals surface area contributed by atoms with E-state index in [0.29, 0.717) is 0 Å². The molecule has 2 rings (SSSR count). The molecule has 0 radical (unpaired) electrons. The molecule has 0 spiro atoms. The van der Waals surface area contributed by atoms with Crippen LogP contribution in [0.15, 0.2) is 0 Å². The number of hydrogen-bond acceptors (Lipinski definition) is 3. The number of nitriles is 1. The summed E-state index contributed by atoms with van der Waals surface area (Å²) in [7, 11) is 0. The molecule has 1 aliphatic carbocycles. The first-order valence-electron chi connectivity index (χ1n) is 7.02. The summed E-state index contributed by atoms with van der Waals surface area (Å²) in [5.41, 5.74) is -1.18. The second-order valence-electron chi connectivity index (χ2n) is 5.72. The van der Waals surface area contributed by atoms with Crippen molar-refractivity contribution >= 4 is 0 Å². The number of aliphatic hydroxyl groups is 1. The van der Waals surface area contributed by atoms with Gasteiger partial charge in [-0.3, -0.25) is 0 Å².